The zero-order chi connectivity index (χ0) is 23.1. The third-order valence-corrected chi connectivity index (χ3v) is 5.86. The monoisotopic (exact) mass is 438 g/mol. The van der Waals surface area contributed by atoms with Crippen LogP contribution in [0.15, 0.2) is 48.5 Å². The Morgan fingerprint density at radius 2 is 1.97 bits per heavy atom. The van der Waals surface area contributed by atoms with Gasteiger partial charge in [-0.1, -0.05) is 18.2 Å². The first kappa shape index (κ1) is 23.2. The summed E-state index contributed by atoms with van der Waals surface area (Å²) < 4.78 is 0. The maximum Gasteiger partial charge on any atom is 0.272 e. The summed E-state index contributed by atoms with van der Waals surface area (Å²) in [6.45, 7) is 6.47. The second kappa shape index (κ2) is 10.7. The van der Waals surface area contributed by atoms with Crippen molar-refractivity contribution < 1.29 is 14.5 Å². The highest BCUT2D eigenvalue weighted by molar-refractivity contribution is 5.98. The average Bonchev–Trinajstić information content (AvgIpc) is 3.29. The molecule has 0 radical (unpaired) electrons. The quantitative estimate of drug-likeness (QED) is 0.367. The Hall–Kier alpha value is -3.42. The number of carbonyl (C=O) groups is 2. The maximum atomic E-state index is 13.0. The van der Waals surface area contributed by atoms with Crippen molar-refractivity contribution in [3.05, 3.63) is 69.8 Å². The molecule has 2 aromatic rings. The number of nitro benzene ring substituents is 1. The van der Waals surface area contributed by atoms with Crippen molar-refractivity contribution in [3.63, 3.8) is 0 Å². The Kier molecular flexibility index (Phi) is 7.81. The standard InChI is InChI=1S/C24H30N4O4/c1-3-26(20-9-5-4-6-10-20)15-8-14-25-23(29)22-11-7-16-27(22)24(30)19-12-13-21(28(31)32)18(2)17-19/h4-6,9-10,12-13,17,22H,3,7-8,11,14-16H2,1-2H3,(H,25,29). The van der Waals surface area contributed by atoms with Gasteiger partial charge in [-0.15, -0.1) is 0 Å². The lowest BCUT2D eigenvalue weighted by molar-refractivity contribution is -0.385. The fourth-order valence-corrected chi connectivity index (χ4v) is 4.15. The third kappa shape index (κ3) is 5.43. The second-order valence-electron chi connectivity index (χ2n) is 7.97. The zero-order valence-electron chi connectivity index (χ0n) is 18.6. The Morgan fingerprint density at radius 3 is 2.62 bits per heavy atom. The maximum absolute atomic E-state index is 13.0. The summed E-state index contributed by atoms with van der Waals surface area (Å²) in [5, 5.41) is 14.0. The topological polar surface area (TPSA) is 95.8 Å². The molecular formula is C24H30N4O4. The van der Waals surface area contributed by atoms with Crippen LogP contribution in [-0.2, 0) is 4.79 Å². The summed E-state index contributed by atoms with van der Waals surface area (Å²) in [6, 6.07) is 14.0. The number of hydrogen-bond acceptors (Lipinski definition) is 5. The highest BCUT2D eigenvalue weighted by Crippen LogP contribution is 2.24. The molecule has 1 unspecified atom stereocenters. The summed E-state index contributed by atoms with van der Waals surface area (Å²) in [5.74, 6) is -0.404. The molecule has 1 aliphatic heterocycles. The van der Waals surface area contributed by atoms with E-state index >= 15 is 0 Å². The number of likely N-dealkylation sites (tertiary alicyclic amines) is 1. The molecule has 170 valence electrons. The molecule has 0 aromatic heterocycles. The SMILES string of the molecule is CCN(CCCNC(=O)C1CCCN1C(=O)c1ccc([N+](=O)[O-])c(C)c1)c1ccccc1. The number of carbonyl (C=O) groups excluding carboxylic acids is 2. The number of amides is 2. The van der Waals surface area contributed by atoms with Gasteiger partial charge < -0.3 is 15.1 Å². The molecule has 0 saturated carbocycles. The van der Waals surface area contributed by atoms with Gasteiger partial charge in [-0.2, -0.15) is 0 Å². The second-order valence-corrected chi connectivity index (χ2v) is 7.97. The van der Waals surface area contributed by atoms with Gasteiger partial charge in [0.15, 0.2) is 0 Å². The van der Waals surface area contributed by atoms with Crippen molar-refractivity contribution in [1.82, 2.24) is 10.2 Å². The van der Waals surface area contributed by atoms with Crippen LogP contribution in [0.5, 0.6) is 0 Å². The number of benzene rings is 2. The minimum atomic E-state index is -0.505. The van der Waals surface area contributed by atoms with Crippen LogP contribution in [-0.4, -0.2) is 53.9 Å². The van der Waals surface area contributed by atoms with Crippen molar-refractivity contribution in [3.8, 4) is 0 Å². The molecule has 1 fully saturated rings. The summed E-state index contributed by atoms with van der Waals surface area (Å²) in [7, 11) is 0. The molecule has 1 saturated heterocycles. The van der Waals surface area contributed by atoms with Gasteiger partial charge in [0, 0.05) is 49.1 Å². The van der Waals surface area contributed by atoms with Gasteiger partial charge in [0.25, 0.3) is 11.6 Å². The summed E-state index contributed by atoms with van der Waals surface area (Å²) in [5.41, 5.74) is 1.94. The van der Waals surface area contributed by atoms with Gasteiger partial charge in [-0.05, 0) is 57.4 Å². The Morgan fingerprint density at radius 1 is 1.22 bits per heavy atom. The first-order valence-corrected chi connectivity index (χ1v) is 11.1. The fourth-order valence-electron chi connectivity index (χ4n) is 4.15. The van der Waals surface area contributed by atoms with Crippen LogP contribution in [0, 0.1) is 17.0 Å². The average molecular weight is 439 g/mol. The van der Waals surface area contributed by atoms with Gasteiger partial charge in [0.05, 0.1) is 4.92 Å². The Balaban J connectivity index is 1.54. The number of nitrogens with one attached hydrogen (secondary N) is 1. The summed E-state index contributed by atoms with van der Waals surface area (Å²) >= 11 is 0. The van der Waals surface area contributed by atoms with Crippen molar-refractivity contribution >= 4 is 23.2 Å². The minimum absolute atomic E-state index is 0.0195. The van der Waals surface area contributed by atoms with E-state index in [2.05, 4.69) is 29.3 Å². The first-order chi connectivity index (χ1) is 15.4. The van der Waals surface area contributed by atoms with E-state index < -0.39 is 11.0 Å². The Labute approximate surface area is 188 Å². The van der Waals surface area contributed by atoms with Crippen LogP contribution in [0.2, 0.25) is 0 Å². The number of aryl methyl sites for hydroxylation is 1. The number of para-hydroxylation sites is 1. The van der Waals surface area contributed by atoms with E-state index in [1.807, 2.05) is 18.2 Å². The lowest BCUT2D eigenvalue weighted by Gasteiger charge is -2.25. The van der Waals surface area contributed by atoms with Crippen molar-refractivity contribution in [2.45, 2.75) is 39.2 Å². The van der Waals surface area contributed by atoms with Crippen molar-refractivity contribution in [2.75, 3.05) is 31.1 Å². The lowest BCUT2D eigenvalue weighted by atomic mass is 10.1. The number of nitro groups is 1. The van der Waals surface area contributed by atoms with E-state index in [9.17, 15) is 19.7 Å². The van der Waals surface area contributed by atoms with E-state index in [1.54, 1.807) is 11.8 Å². The van der Waals surface area contributed by atoms with E-state index in [4.69, 9.17) is 0 Å². The molecule has 1 atom stereocenters. The lowest BCUT2D eigenvalue weighted by Crippen LogP contribution is -2.46. The number of nitrogens with zero attached hydrogens (tertiary/aromatic N) is 3. The van der Waals surface area contributed by atoms with Crippen LogP contribution >= 0.6 is 0 Å². The predicted molar refractivity (Wildman–Crippen MR) is 124 cm³/mol. The molecule has 2 aromatic carbocycles. The number of anilines is 1. The molecule has 0 spiro atoms. The van der Waals surface area contributed by atoms with Crippen LogP contribution in [0.25, 0.3) is 0 Å². The molecule has 0 aliphatic carbocycles. The number of rotatable bonds is 9. The van der Waals surface area contributed by atoms with Gasteiger partial charge >= 0.3 is 0 Å². The van der Waals surface area contributed by atoms with E-state index in [-0.39, 0.29) is 17.5 Å². The highest BCUT2D eigenvalue weighted by atomic mass is 16.6. The normalized spacial score (nSPS) is 15.4. The van der Waals surface area contributed by atoms with E-state index in [1.165, 1.54) is 18.2 Å². The Bertz CT molecular complexity index is 964. The van der Waals surface area contributed by atoms with Crippen LogP contribution in [0.1, 0.15) is 42.1 Å². The van der Waals surface area contributed by atoms with E-state index in [0.29, 0.717) is 30.6 Å². The van der Waals surface area contributed by atoms with Crippen LogP contribution in [0.3, 0.4) is 0 Å². The fraction of sp³-hybridized carbons (Fsp3) is 0.417. The van der Waals surface area contributed by atoms with Gasteiger partial charge in [-0.25, -0.2) is 0 Å². The highest BCUT2D eigenvalue weighted by Gasteiger charge is 2.34. The molecule has 8 nitrogen and oxygen atoms in total. The minimum Gasteiger partial charge on any atom is -0.372 e. The van der Waals surface area contributed by atoms with Crippen LogP contribution < -0.4 is 10.2 Å². The number of hydrogen-bond donors (Lipinski definition) is 1. The summed E-state index contributed by atoms with van der Waals surface area (Å²) in [4.78, 5) is 40.2. The molecule has 32 heavy (non-hydrogen) atoms. The first-order valence-electron chi connectivity index (χ1n) is 11.1. The largest absolute Gasteiger partial charge is 0.372 e. The molecule has 0 bridgehead atoms. The molecule has 1 aliphatic rings. The van der Waals surface area contributed by atoms with Crippen molar-refractivity contribution in [1.29, 1.82) is 0 Å². The van der Waals surface area contributed by atoms with Gasteiger partial charge in [-0.3, -0.25) is 19.7 Å². The molecule has 2 amide bonds. The smallest absolute Gasteiger partial charge is 0.272 e. The molecule has 3 rings (SSSR count). The molecule has 1 heterocycles. The zero-order valence-corrected chi connectivity index (χ0v) is 18.6. The predicted octanol–water partition coefficient (Wildman–Crippen LogP) is 3.54. The molecule has 8 heteroatoms. The van der Waals surface area contributed by atoms with Crippen molar-refractivity contribution in [2.24, 2.45) is 0 Å². The van der Waals surface area contributed by atoms with Gasteiger partial charge in [0.2, 0.25) is 5.91 Å². The molecular weight excluding hydrogens is 408 g/mol. The van der Waals surface area contributed by atoms with E-state index in [0.717, 1.165) is 31.6 Å². The van der Waals surface area contributed by atoms with Gasteiger partial charge in [0.1, 0.15) is 6.04 Å². The van der Waals surface area contributed by atoms with Crippen LogP contribution in [0.4, 0.5) is 11.4 Å². The summed E-state index contributed by atoms with van der Waals surface area (Å²) in [6.07, 6.45) is 2.18. The molecule has 1 N–H and O–H groups in total. The third-order valence-electron chi connectivity index (χ3n) is 5.86.